The number of fused-ring (bicyclic) bond motifs is 1. The van der Waals surface area contributed by atoms with E-state index in [-0.39, 0.29) is 23.2 Å². The molecule has 4 rings (SSSR count). The smallest absolute Gasteiger partial charge is 0.251 e. The van der Waals surface area contributed by atoms with Gasteiger partial charge in [0.15, 0.2) is 0 Å². The first-order valence-electron chi connectivity index (χ1n) is 9.19. The van der Waals surface area contributed by atoms with Crippen LogP contribution in [-0.2, 0) is 16.4 Å². The van der Waals surface area contributed by atoms with Crippen LogP contribution < -0.4 is 10.6 Å². The van der Waals surface area contributed by atoms with Gasteiger partial charge >= 0.3 is 0 Å². The maximum absolute atomic E-state index is 12.9. The molecule has 144 valence electrons. The lowest BCUT2D eigenvalue weighted by Gasteiger charge is -2.32. The van der Waals surface area contributed by atoms with Gasteiger partial charge in [0, 0.05) is 31.2 Å². The van der Waals surface area contributed by atoms with E-state index < -0.39 is 10.0 Å². The van der Waals surface area contributed by atoms with E-state index in [9.17, 15) is 13.2 Å². The number of hydrogen-bond donors (Lipinski definition) is 2. The Morgan fingerprint density at radius 1 is 1.15 bits per heavy atom. The topological polar surface area (TPSA) is 78.5 Å². The molecule has 26 heavy (non-hydrogen) atoms. The number of hydrogen-bond acceptors (Lipinski definition) is 4. The summed E-state index contributed by atoms with van der Waals surface area (Å²) in [5.41, 5.74) is 1.42. The molecular weight excluding hydrogens is 374 g/mol. The van der Waals surface area contributed by atoms with Crippen molar-refractivity contribution in [1.82, 2.24) is 14.9 Å². The van der Waals surface area contributed by atoms with Crippen molar-refractivity contribution in [1.29, 1.82) is 0 Å². The van der Waals surface area contributed by atoms with Crippen molar-refractivity contribution in [3.05, 3.63) is 29.3 Å². The van der Waals surface area contributed by atoms with Crippen molar-refractivity contribution in [3.8, 4) is 0 Å². The Labute approximate surface area is 161 Å². The van der Waals surface area contributed by atoms with E-state index in [0.717, 1.165) is 37.3 Å². The summed E-state index contributed by atoms with van der Waals surface area (Å²) in [6.07, 6.45) is 5.09. The van der Waals surface area contributed by atoms with Crippen LogP contribution >= 0.6 is 12.4 Å². The molecule has 6 nitrogen and oxygen atoms in total. The van der Waals surface area contributed by atoms with Crippen LogP contribution in [0.1, 0.15) is 41.6 Å². The van der Waals surface area contributed by atoms with Gasteiger partial charge in [0.1, 0.15) is 0 Å². The predicted octanol–water partition coefficient (Wildman–Crippen LogP) is 1.55. The average Bonchev–Trinajstić information content (AvgIpc) is 3.45. The third-order valence-corrected chi connectivity index (χ3v) is 7.38. The fourth-order valence-corrected chi connectivity index (χ4v) is 5.15. The van der Waals surface area contributed by atoms with E-state index in [0.29, 0.717) is 31.2 Å². The predicted molar refractivity (Wildman–Crippen MR) is 102 cm³/mol. The molecule has 0 unspecified atom stereocenters. The van der Waals surface area contributed by atoms with Crippen molar-refractivity contribution in [2.24, 2.45) is 5.92 Å². The van der Waals surface area contributed by atoms with Crippen molar-refractivity contribution in [3.63, 3.8) is 0 Å². The van der Waals surface area contributed by atoms with Crippen LogP contribution in [0.4, 0.5) is 0 Å². The van der Waals surface area contributed by atoms with E-state index in [1.54, 1.807) is 16.4 Å². The minimum atomic E-state index is -3.54. The Kier molecular flexibility index (Phi) is 5.91. The van der Waals surface area contributed by atoms with Gasteiger partial charge in [-0.2, -0.15) is 4.31 Å². The van der Waals surface area contributed by atoms with Crippen molar-refractivity contribution >= 4 is 28.3 Å². The lowest BCUT2D eigenvalue weighted by molar-refractivity contribution is 0.0945. The third kappa shape index (κ3) is 4.06. The fourth-order valence-electron chi connectivity index (χ4n) is 3.66. The number of nitrogens with one attached hydrogen (secondary N) is 2. The quantitative estimate of drug-likeness (QED) is 0.787. The number of carbonyl (C=O) groups is 1. The lowest BCUT2D eigenvalue weighted by atomic mass is 10.0. The van der Waals surface area contributed by atoms with Gasteiger partial charge in [-0.1, -0.05) is 6.07 Å². The molecule has 1 aromatic carbocycles. The molecule has 0 aromatic heterocycles. The van der Waals surface area contributed by atoms with Gasteiger partial charge in [-0.25, -0.2) is 8.42 Å². The number of carbonyl (C=O) groups excluding carboxylic acids is 1. The Morgan fingerprint density at radius 3 is 2.58 bits per heavy atom. The standard InChI is InChI=1S/C18H25N3O3S.ClH/c22-18-17-11-16(4-3-14(17)5-8-19-18)25(23,24)21-9-6-15(7-10-21)20-12-13-1-2-13;/h3-4,11,13,15,20H,1-2,5-10,12H2,(H,19,22);1H. The Morgan fingerprint density at radius 2 is 1.88 bits per heavy atom. The van der Waals surface area contributed by atoms with E-state index in [4.69, 9.17) is 0 Å². The molecule has 1 saturated heterocycles. The van der Waals surface area contributed by atoms with Crippen LogP contribution in [0.2, 0.25) is 0 Å². The van der Waals surface area contributed by atoms with Crippen molar-refractivity contribution in [2.75, 3.05) is 26.2 Å². The molecule has 0 radical (unpaired) electrons. The number of piperidine rings is 1. The second-order valence-electron chi connectivity index (χ2n) is 7.35. The van der Waals surface area contributed by atoms with Crippen molar-refractivity contribution < 1.29 is 13.2 Å². The number of halogens is 1. The number of nitrogens with zero attached hydrogens (tertiary/aromatic N) is 1. The van der Waals surface area contributed by atoms with Crippen LogP contribution in [0.5, 0.6) is 0 Å². The SMILES string of the molecule is Cl.O=C1NCCc2ccc(S(=O)(=O)N3CCC(NCC4CC4)CC3)cc21. The summed E-state index contributed by atoms with van der Waals surface area (Å²) >= 11 is 0. The minimum Gasteiger partial charge on any atom is -0.352 e. The van der Waals surface area contributed by atoms with Gasteiger partial charge in [0.2, 0.25) is 10.0 Å². The van der Waals surface area contributed by atoms with Crippen LogP contribution in [0.3, 0.4) is 0 Å². The van der Waals surface area contributed by atoms with Crippen molar-refractivity contribution in [2.45, 2.75) is 43.0 Å². The highest BCUT2D eigenvalue weighted by atomic mass is 35.5. The maximum Gasteiger partial charge on any atom is 0.251 e. The van der Waals surface area contributed by atoms with Gasteiger partial charge in [0.05, 0.1) is 4.90 Å². The molecule has 2 N–H and O–H groups in total. The summed E-state index contributed by atoms with van der Waals surface area (Å²) in [6, 6.07) is 5.38. The molecule has 8 heteroatoms. The normalized spacial score (nSPS) is 21.6. The average molecular weight is 400 g/mol. The van der Waals surface area contributed by atoms with Gasteiger partial charge in [0.25, 0.3) is 5.91 Å². The number of amides is 1. The molecule has 0 spiro atoms. The zero-order valence-corrected chi connectivity index (χ0v) is 16.4. The van der Waals surface area contributed by atoms with Crippen LogP contribution in [0.15, 0.2) is 23.1 Å². The second-order valence-corrected chi connectivity index (χ2v) is 9.29. The molecule has 2 fully saturated rings. The second kappa shape index (κ2) is 7.84. The molecule has 2 aliphatic heterocycles. The van der Waals surface area contributed by atoms with Gasteiger partial charge < -0.3 is 10.6 Å². The Hall–Kier alpha value is -1.15. The van der Waals surface area contributed by atoms with E-state index in [1.165, 1.54) is 18.9 Å². The fraction of sp³-hybridized carbons (Fsp3) is 0.611. The number of rotatable bonds is 5. The van der Waals surface area contributed by atoms with E-state index >= 15 is 0 Å². The van der Waals surface area contributed by atoms with Crippen LogP contribution in [-0.4, -0.2) is 50.9 Å². The first-order chi connectivity index (χ1) is 12.0. The largest absolute Gasteiger partial charge is 0.352 e. The summed E-state index contributed by atoms with van der Waals surface area (Å²) in [6.45, 7) is 2.75. The molecule has 1 amide bonds. The number of sulfonamides is 1. The zero-order valence-electron chi connectivity index (χ0n) is 14.7. The highest BCUT2D eigenvalue weighted by Crippen LogP contribution is 2.29. The third-order valence-electron chi connectivity index (χ3n) is 5.49. The molecule has 0 atom stereocenters. The lowest BCUT2D eigenvalue weighted by Crippen LogP contribution is -2.45. The summed E-state index contributed by atoms with van der Waals surface area (Å²) in [4.78, 5) is 12.2. The van der Waals surface area contributed by atoms with Gasteiger partial charge in [-0.3, -0.25) is 4.79 Å². The van der Waals surface area contributed by atoms with Crippen LogP contribution in [0.25, 0.3) is 0 Å². The first kappa shape index (κ1) is 19.6. The minimum absolute atomic E-state index is 0. The maximum atomic E-state index is 12.9. The van der Waals surface area contributed by atoms with E-state index in [1.807, 2.05) is 0 Å². The summed E-state index contributed by atoms with van der Waals surface area (Å²) < 4.78 is 27.4. The Bertz CT molecular complexity index is 772. The molecule has 3 aliphatic rings. The molecule has 1 aromatic rings. The molecule has 1 aliphatic carbocycles. The highest BCUT2D eigenvalue weighted by Gasteiger charge is 2.31. The van der Waals surface area contributed by atoms with Gasteiger partial charge in [-0.15, -0.1) is 12.4 Å². The first-order valence-corrected chi connectivity index (χ1v) is 10.6. The zero-order chi connectivity index (χ0) is 17.4. The van der Waals surface area contributed by atoms with E-state index in [2.05, 4.69) is 10.6 Å². The highest BCUT2D eigenvalue weighted by molar-refractivity contribution is 7.89. The summed E-state index contributed by atoms with van der Waals surface area (Å²) in [7, 11) is -3.54. The summed E-state index contributed by atoms with van der Waals surface area (Å²) in [5, 5.41) is 6.34. The summed E-state index contributed by atoms with van der Waals surface area (Å²) in [5.74, 6) is 0.657. The monoisotopic (exact) mass is 399 g/mol. The Balaban J connectivity index is 0.00000196. The molecular formula is C18H26ClN3O3S. The van der Waals surface area contributed by atoms with Crippen LogP contribution in [0, 0.1) is 5.92 Å². The molecule has 2 heterocycles. The number of benzene rings is 1. The van der Waals surface area contributed by atoms with Gasteiger partial charge in [-0.05, 0) is 62.3 Å². The molecule has 0 bridgehead atoms. The molecule has 1 saturated carbocycles.